The van der Waals surface area contributed by atoms with Crippen LogP contribution >= 0.6 is 0 Å². The van der Waals surface area contributed by atoms with Gasteiger partial charge in [-0.05, 0) is 68.3 Å². The standard InChI is InChI=1S/C17H21FN2/c1-3-20(16-6-4-5-15(18)12-16)17-8-7-14(9-10-19)13(2)11-17/h4-8,11-12H,3,9-10,19H2,1-2H3. The summed E-state index contributed by atoms with van der Waals surface area (Å²) in [5.74, 6) is -0.211. The monoisotopic (exact) mass is 272 g/mol. The summed E-state index contributed by atoms with van der Waals surface area (Å²) in [4.78, 5) is 2.10. The first kappa shape index (κ1) is 14.5. The van der Waals surface area contributed by atoms with Gasteiger partial charge in [0.25, 0.3) is 0 Å². The fourth-order valence-corrected chi connectivity index (χ4v) is 2.44. The molecule has 20 heavy (non-hydrogen) atoms. The number of hydrogen-bond donors (Lipinski definition) is 1. The van der Waals surface area contributed by atoms with Gasteiger partial charge in [0.05, 0.1) is 0 Å². The number of nitrogens with zero attached hydrogens (tertiary/aromatic N) is 1. The molecule has 2 nitrogen and oxygen atoms in total. The number of benzene rings is 2. The van der Waals surface area contributed by atoms with E-state index in [1.165, 1.54) is 17.2 Å². The topological polar surface area (TPSA) is 29.3 Å². The summed E-state index contributed by atoms with van der Waals surface area (Å²) >= 11 is 0. The van der Waals surface area contributed by atoms with Gasteiger partial charge in [-0.3, -0.25) is 0 Å². The van der Waals surface area contributed by atoms with Crippen LogP contribution in [0.2, 0.25) is 0 Å². The molecule has 0 radical (unpaired) electrons. The molecule has 0 saturated carbocycles. The van der Waals surface area contributed by atoms with E-state index in [-0.39, 0.29) is 5.82 Å². The van der Waals surface area contributed by atoms with Crippen molar-refractivity contribution in [3.63, 3.8) is 0 Å². The maximum atomic E-state index is 13.4. The molecule has 0 aliphatic rings. The van der Waals surface area contributed by atoms with Gasteiger partial charge in [-0.15, -0.1) is 0 Å². The second kappa shape index (κ2) is 6.53. The minimum atomic E-state index is -0.211. The zero-order chi connectivity index (χ0) is 14.5. The van der Waals surface area contributed by atoms with E-state index in [2.05, 4.69) is 36.9 Å². The fourth-order valence-electron chi connectivity index (χ4n) is 2.44. The molecule has 0 bridgehead atoms. The Morgan fingerprint density at radius 1 is 1.10 bits per heavy atom. The van der Waals surface area contributed by atoms with Crippen LogP contribution in [0.25, 0.3) is 0 Å². The zero-order valence-corrected chi connectivity index (χ0v) is 12.1. The van der Waals surface area contributed by atoms with Gasteiger partial charge in [0.15, 0.2) is 0 Å². The normalized spacial score (nSPS) is 10.6. The minimum Gasteiger partial charge on any atom is -0.342 e. The molecule has 2 rings (SSSR count). The summed E-state index contributed by atoms with van der Waals surface area (Å²) in [6.45, 7) is 5.60. The van der Waals surface area contributed by atoms with E-state index >= 15 is 0 Å². The molecule has 0 amide bonds. The number of halogens is 1. The Kier molecular flexibility index (Phi) is 4.74. The van der Waals surface area contributed by atoms with Crippen LogP contribution in [0.1, 0.15) is 18.1 Å². The lowest BCUT2D eigenvalue weighted by molar-refractivity contribution is 0.627. The molecule has 0 heterocycles. The summed E-state index contributed by atoms with van der Waals surface area (Å²) in [5.41, 5.74) is 10.1. The van der Waals surface area contributed by atoms with Crippen LogP contribution in [-0.2, 0) is 6.42 Å². The van der Waals surface area contributed by atoms with E-state index in [1.54, 1.807) is 12.1 Å². The first-order chi connectivity index (χ1) is 9.65. The molecular weight excluding hydrogens is 251 g/mol. The van der Waals surface area contributed by atoms with Crippen molar-refractivity contribution in [1.82, 2.24) is 0 Å². The van der Waals surface area contributed by atoms with Gasteiger partial charge < -0.3 is 10.6 Å². The minimum absolute atomic E-state index is 0.211. The number of hydrogen-bond acceptors (Lipinski definition) is 2. The predicted octanol–water partition coefficient (Wildman–Crippen LogP) is 3.79. The Labute approximate surface area is 120 Å². The van der Waals surface area contributed by atoms with E-state index in [1.807, 2.05) is 6.07 Å². The van der Waals surface area contributed by atoms with Gasteiger partial charge in [0, 0.05) is 17.9 Å². The Morgan fingerprint density at radius 3 is 2.45 bits per heavy atom. The number of aryl methyl sites for hydroxylation is 1. The summed E-state index contributed by atoms with van der Waals surface area (Å²) in [6, 6.07) is 13.0. The van der Waals surface area contributed by atoms with E-state index in [0.29, 0.717) is 6.54 Å². The van der Waals surface area contributed by atoms with Crippen LogP contribution in [-0.4, -0.2) is 13.1 Å². The fraction of sp³-hybridized carbons (Fsp3) is 0.294. The van der Waals surface area contributed by atoms with Crippen molar-refractivity contribution in [2.45, 2.75) is 20.3 Å². The number of anilines is 2. The molecule has 106 valence electrons. The molecule has 2 aromatic carbocycles. The quantitative estimate of drug-likeness (QED) is 0.897. The highest BCUT2D eigenvalue weighted by molar-refractivity contribution is 5.64. The van der Waals surface area contributed by atoms with Gasteiger partial charge in [-0.25, -0.2) is 4.39 Å². The first-order valence-corrected chi connectivity index (χ1v) is 6.98. The third kappa shape index (κ3) is 3.17. The second-order valence-electron chi connectivity index (χ2n) is 4.87. The smallest absolute Gasteiger partial charge is 0.125 e. The summed E-state index contributed by atoms with van der Waals surface area (Å²) in [7, 11) is 0. The molecule has 2 N–H and O–H groups in total. The summed E-state index contributed by atoms with van der Waals surface area (Å²) < 4.78 is 13.4. The Balaban J connectivity index is 2.35. The summed E-state index contributed by atoms with van der Waals surface area (Å²) in [5, 5.41) is 0. The van der Waals surface area contributed by atoms with Gasteiger partial charge in [0.1, 0.15) is 5.82 Å². The molecule has 2 aromatic rings. The lowest BCUT2D eigenvalue weighted by Gasteiger charge is -2.24. The van der Waals surface area contributed by atoms with E-state index in [9.17, 15) is 4.39 Å². The third-order valence-corrected chi connectivity index (χ3v) is 3.49. The van der Waals surface area contributed by atoms with Crippen LogP contribution in [0.4, 0.5) is 15.8 Å². The average Bonchev–Trinajstić information content (AvgIpc) is 2.43. The molecule has 0 atom stereocenters. The van der Waals surface area contributed by atoms with Crippen LogP contribution in [0.3, 0.4) is 0 Å². The van der Waals surface area contributed by atoms with Crippen LogP contribution in [0, 0.1) is 12.7 Å². The van der Waals surface area contributed by atoms with Crippen molar-refractivity contribution in [3.8, 4) is 0 Å². The van der Waals surface area contributed by atoms with E-state index < -0.39 is 0 Å². The Morgan fingerprint density at radius 2 is 1.85 bits per heavy atom. The van der Waals surface area contributed by atoms with Crippen LogP contribution < -0.4 is 10.6 Å². The number of nitrogens with two attached hydrogens (primary N) is 1. The maximum Gasteiger partial charge on any atom is 0.125 e. The highest BCUT2D eigenvalue weighted by Crippen LogP contribution is 2.27. The SMILES string of the molecule is CCN(c1cccc(F)c1)c1ccc(CCN)c(C)c1. The van der Waals surface area contributed by atoms with Crippen molar-refractivity contribution in [3.05, 3.63) is 59.4 Å². The Bertz CT molecular complexity index is 581. The van der Waals surface area contributed by atoms with Gasteiger partial charge in [0.2, 0.25) is 0 Å². The van der Waals surface area contributed by atoms with Crippen molar-refractivity contribution >= 4 is 11.4 Å². The predicted molar refractivity (Wildman–Crippen MR) is 83.0 cm³/mol. The van der Waals surface area contributed by atoms with Crippen molar-refractivity contribution < 1.29 is 4.39 Å². The lowest BCUT2D eigenvalue weighted by atomic mass is 10.0. The van der Waals surface area contributed by atoms with Crippen molar-refractivity contribution in [1.29, 1.82) is 0 Å². The Hall–Kier alpha value is -1.87. The maximum absolute atomic E-state index is 13.4. The summed E-state index contributed by atoms with van der Waals surface area (Å²) in [6.07, 6.45) is 0.887. The highest BCUT2D eigenvalue weighted by Gasteiger charge is 2.09. The van der Waals surface area contributed by atoms with E-state index in [0.717, 1.165) is 24.3 Å². The van der Waals surface area contributed by atoms with Crippen LogP contribution in [0.5, 0.6) is 0 Å². The van der Waals surface area contributed by atoms with Gasteiger partial charge in [-0.1, -0.05) is 12.1 Å². The molecule has 0 aliphatic heterocycles. The molecule has 0 saturated heterocycles. The number of rotatable bonds is 5. The van der Waals surface area contributed by atoms with Gasteiger partial charge in [-0.2, -0.15) is 0 Å². The zero-order valence-electron chi connectivity index (χ0n) is 12.1. The molecule has 0 aromatic heterocycles. The average molecular weight is 272 g/mol. The largest absolute Gasteiger partial charge is 0.342 e. The van der Waals surface area contributed by atoms with Gasteiger partial charge >= 0.3 is 0 Å². The molecule has 0 aliphatic carbocycles. The molecule has 3 heteroatoms. The highest BCUT2D eigenvalue weighted by atomic mass is 19.1. The third-order valence-electron chi connectivity index (χ3n) is 3.49. The molecule has 0 fully saturated rings. The first-order valence-electron chi connectivity index (χ1n) is 6.98. The van der Waals surface area contributed by atoms with Crippen molar-refractivity contribution in [2.75, 3.05) is 18.0 Å². The van der Waals surface area contributed by atoms with E-state index in [4.69, 9.17) is 5.73 Å². The molecule has 0 unspecified atom stereocenters. The van der Waals surface area contributed by atoms with Crippen LogP contribution in [0.15, 0.2) is 42.5 Å². The molecular formula is C17H21FN2. The van der Waals surface area contributed by atoms with Crippen molar-refractivity contribution in [2.24, 2.45) is 5.73 Å². The lowest BCUT2D eigenvalue weighted by Crippen LogP contribution is -2.16. The molecule has 0 spiro atoms. The second-order valence-corrected chi connectivity index (χ2v) is 4.87.